The van der Waals surface area contributed by atoms with Gasteiger partial charge in [0, 0.05) is 18.8 Å². The van der Waals surface area contributed by atoms with Crippen molar-refractivity contribution in [2.45, 2.75) is 12.8 Å². The van der Waals surface area contributed by atoms with Crippen molar-refractivity contribution in [3.05, 3.63) is 35.4 Å². The van der Waals surface area contributed by atoms with Crippen LogP contribution in [0.2, 0.25) is 0 Å². The van der Waals surface area contributed by atoms with E-state index >= 15 is 0 Å². The molecule has 1 aromatic carbocycles. The fourth-order valence-corrected chi connectivity index (χ4v) is 1.98. The van der Waals surface area contributed by atoms with E-state index in [9.17, 15) is 4.79 Å². The Morgan fingerprint density at radius 3 is 2.75 bits per heavy atom. The lowest BCUT2D eigenvalue weighted by atomic mass is 9.95. The zero-order chi connectivity index (χ0) is 12.0. The maximum Gasteiger partial charge on any atom is 0.228 e. The summed E-state index contributed by atoms with van der Waals surface area (Å²) >= 11 is 4.24. The van der Waals surface area contributed by atoms with Gasteiger partial charge >= 0.3 is 0 Å². The molecule has 0 aliphatic heterocycles. The van der Waals surface area contributed by atoms with E-state index in [0.717, 1.165) is 11.1 Å². The summed E-state index contributed by atoms with van der Waals surface area (Å²) in [6, 6.07) is 7.88. The van der Waals surface area contributed by atoms with E-state index in [1.807, 2.05) is 31.2 Å². The second-order valence-corrected chi connectivity index (χ2v) is 4.04. The molecule has 3 N–H and O–H groups in total. The molecule has 0 heterocycles. The quantitative estimate of drug-likeness (QED) is 0.672. The van der Waals surface area contributed by atoms with E-state index in [0.29, 0.717) is 18.8 Å². The molecule has 0 spiro atoms. The molecule has 0 saturated carbocycles. The van der Waals surface area contributed by atoms with Crippen LogP contribution in [0.3, 0.4) is 0 Å². The smallest absolute Gasteiger partial charge is 0.228 e. The fourth-order valence-electron chi connectivity index (χ4n) is 1.62. The van der Waals surface area contributed by atoms with Crippen LogP contribution in [0.5, 0.6) is 0 Å². The Balaban J connectivity index is 2.82. The van der Waals surface area contributed by atoms with E-state index in [-0.39, 0.29) is 11.8 Å². The van der Waals surface area contributed by atoms with Crippen molar-refractivity contribution in [3.8, 4) is 0 Å². The number of thiol groups is 1. The number of aryl methyl sites for hydroxylation is 1. The standard InChI is InChI=1S/C12H18N2OS/c1-9-4-2-3-5-10(9)11(8-16)12(15)14-7-6-13/h2-5,11,16H,6-8,13H2,1H3,(H,14,15). The molecule has 0 fully saturated rings. The summed E-state index contributed by atoms with van der Waals surface area (Å²) in [5.74, 6) is 0.298. The molecular formula is C12H18N2OS. The van der Waals surface area contributed by atoms with Crippen LogP contribution in [0.15, 0.2) is 24.3 Å². The third kappa shape index (κ3) is 3.25. The summed E-state index contributed by atoms with van der Waals surface area (Å²) in [5.41, 5.74) is 7.50. The highest BCUT2D eigenvalue weighted by Crippen LogP contribution is 2.21. The van der Waals surface area contributed by atoms with Gasteiger partial charge in [0.2, 0.25) is 5.91 Å². The van der Waals surface area contributed by atoms with Crippen molar-refractivity contribution in [2.24, 2.45) is 5.73 Å². The molecule has 88 valence electrons. The minimum Gasteiger partial charge on any atom is -0.354 e. The highest BCUT2D eigenvalue weighted by Gasteiger charge is 2.19. The molecule has 16 heavy (non-hydrogen) atoms. The van der Waals surface area contributed by atoms with Crippen molar-refractivity contribution in [1.82, 2.24) is 5.32 Å². The first-order chi connectivity index (χ1) is 7.70. The van der Waals surface area contributed by atoms with Crippen LogP contribution in [0.25, 0.3) is 0 Å². The molecule has 0 aromatic heterocycles. The van der Waals surface area contributed by atoms with E-state index in [1.165, 1.54) is 0 Å². The third-order valence-corrected chi connectivity index (χ3v) is 2.87. The number of nitrogens with one attached hydrogen (secondary N) is 1. The van der Waals surface area contributed by atoms with Crippen LogP contribution in [-0.4, -0.2) is 24.7 Å². The van der Waals surface area contributed by atoms with Gasteiger partial charge in [0.1, 0.15) is 0 Å². The first-order valence-electron chi connectivity index (χ1n) is 5.35. The molecule has 0 aliphatic carbocycles. The minimum absolute atomic E-state index is 0.00486. The molecule has 0 saturated heterocycles. The molecule has 4 heteroatoms. The summed E-state index contributed by atoms with van der Waals surface area (Å²) in [7, 11) is 0. The van der Waals surface area contributed by atoms with Gasteiger partial charge in [0.15, 0.2) is 0 Å². The summed E-state index contributed by atoms with van der Waals surface area (Å²) in [4.78, 5) is 11.9. The number of hydrogen-bond donors (Lipinski definition) is 3. The van der Waals surface area contributed by atoms with Crippen LogP contribution in [0.1, 0.15) is 17.0 Å². The molecule has 1 amide bonds. The van der Waals surface area contributed by atoms with Gasteiger partial charge in [-0.15, -0.1) is 0 Å². The first kappa shape index (κ1) is 13.1. The van der Waals surface area contributed by atoms with Crippen LogP contribution in [0.4, 0.5) is 0 Å². The minimum atomic E-state index is -0.198. The molecule has 0 aliphatic rings. The topological polar surface area (TPSA) is 55.1 Å². The fraction of sp³-hybridized carbons (Fsp3) is 0.417. The highest BCUT2D eigenvalue weighted by molar-refractivity contribution is 7.80. The summed E-state index contributed by atoms with van der Waals surface area (Å²) in [5, 5.41) is 2.80. The van der Waals surface area contributed by atoms with Crippen LogP contribution < -0.4 is 11.1 Å². The number of amides is 1. The molecule has 0 bridgehead atoms. The van der Waals surface area contributed by atoms with Crippen LogP contribution in [-0.2, 0) is 4.79 Å². The zero-order valence-corrected chi connectivity index (χ0v) is 10.3. The summed E-state index contributed by atoms with van der Waals surface area (Å²) < 4.78 is 0. The Morgan fingerprint density at radius 1 is 1.50 bits per heavy atom. The second kappa shape index (κ2) is 6.55. The van der Waals surface area contributed by atoms with Gasteiger partial charge in [-0.2, -0.15) is 12.6 Å². The number of benzene rings is 1. The van der Waals surface area contributed by atoms with Gasteiger partial charge in [0.25, 0.3) is 0 Å². The van der Waals surface area contributed by atoms with Gasteiger partial charge in [-0.25, -0.2) is 0 Å². The Labute approximate surface area is 102 Å². The van der Waals surface area contributed by atoms with E-state index in [2.05, 4.69) is 17.9 Å². The first-order valence-corrected chi connectivity index (χ1v) is 5.98. The molecule has 3 nitrogen and oxygen atoms in total. The lowest BCUT2D eigenvalue weighted by molar-refractivity contribution is -0.122. The Bertz CT molecular complexity index is 355. The predicted octanol–water partition coefficient (Wildman–Crippen LogP) is 1.08. The van der Waals surface area contributed by atoms with E-state index < -0.39 is 0 Å². The number of nitrogens with two attached hydrogens (primary N) is 1. The summed E-state index contributed by atoms with van der Waals surface area (Å²) in [6.07, 6.45) is 0. The van der Waals surface area contributed by atoms with Gasteiger partial charge in [-0.05, 0) is 18.1 Å². The Hall–Kier alpha value is -1.00. The second-order valence-electron chi connectivity index (χ2n) is 3.67. The number of carbonyl (C=O) groups excluding carboxylic acids is 1. The van der Waals surface area contributed by atoms with Crippen LogP contribution in [0, 0.1) is 6.92 Å². The molecule has 1 unspecified atom stereocenters. The Kier molecular flexibility index (Phi) is 5.35. The maximum absolute atomic E-state index is 11.9. The molecule has 0 radical (unpaired) electrons. The van der Waals surface area contributed by atoms with Gasteiger partial charge in [-0.1, -0.05) is 24.3 Å². The SMILES string of the molecule is Cc1ccccc1C(CS)C(=O)NCCN. The van der Waals surface area contributed by atoms with Gasteiger partial charge in [-0.3, -0.25) is 4.79 Å². The lowest BCUT2D eigenvalue weighted by Gasteiger charge is -2.16. The zero-order valence-electron chi connectivity index (χ0n) is 9.44. The van der Waals surface area contributed by atoms with Gasteiger partial charge < -0.3 is 11.1 Å². The normalized spacial score (nSPS) is 12.2. The van der Waals surface area contributed by atoms with Crippen molar-refractivity contribution in [1.29, 1.82) is 0 Å². The van der Waals surface area contributed by atoms with Crippen molar-refractivity contribution in [3.63, 3.8) is 0 Å². The van der Waals surface area contributed by atoms with Crippen molar-refractivity contribution >= 4 is 18.5 Å². The number of carbonyl (C=O) groups is 1. The maximum atomic E-state index is 11.9. The van der Waals surface area contributed by atoms with Crippen LogP contribution >= 0.6 is 12.6 Å². The highest BCUT2D eigenvalue weighted by atomic mass is 32.1. The number of rotatable bonds is 5. The third-order valence-electron chi connectivity index (χ3n) is 2.51. The predicted molar refractivity (Wildman–Crippen MR) is 69.8 cm³/mol. The summed E-state index contributed by atoms with van der Waals surface area (Å²) in [6.45, 7) is 2.97. The average molecular weight is 238 g/mol. The van der Waals surface area contributed by atoms with E-state index in [4.69, 9.17) is 5.73 Å². The van der Waals surface area contributed by atoms with Gasteiger partial charge in [0.05, 0.1) is 5.92 Å². The average Bonchev–Trinajstić information content (AvgIpc) is 2.30. The molecular weight excluding hydrogens is 220 g/mol. The van der Waals surface area contributed by atoms with E-state index in [1.54, 1.807) is 0 Å². The molecule has 1 rings (SSSR count). The lowest BCUT2D eigenvalue weighted by Crippen LogP contribution is -2.34. The monoisotopic (exact) mass is 238 g/mol. The molecule has 1 atom stereocenters. The Morgan fingerprint density at radius 2 is 2.19 bits per heavy atom. The van der Waals surface area contributed by atoms with Crippen molar-refractivity contribution in [2.75, 3.05) is 18.8 Å². The van der Waals surface area contributed by atoms with Crippen molar-refractivity contribution < 1.29 is 4.79 Å². The molecule has 1 aromatic rings. The largest absolute Gasteiger partial charge is 0.354 e. The number of hydrogen-bond acceptors (Lipinski definition) is 3.